The van der Waals surface area contributed by atoms with Gasteiger partial charge in [0.25, 0.3) is 0 Å². The van der Waals surface area contributed by atoms with Crippen LogP contribution in [0.3, 0.4) is 0 Å². The summed E-state index contributed by atoms with van der Waals surface area (Å²) in [5, 5.41) is 33.7. The maximum atomic E-state index is 13.8. The second kappa shape index (κ2) is 27.6. The molecule has 0 aliphatic heterocycles. The predicted octanol–water partition coefficient (Wildman–Crippen LogP) is 10.1. The number of thiophene rings is 2. The Morgan fingerprint density at radius 1 is 0.672 bits per heavy atom. The van der Waals surface area contributed by atoms with Crippen molar-refractivity contribution in [1.82, 2.24) is 15.1 Å². The fourth-order valence-electron chi connectivity index (χ4n) is 7.87. The number of benzene rings is 2. The zero-order valence-corrected chi connectivity index (χ0v) is 44.2. The van der Waals surface area contributed by atoms with Crippen molar-refractivity contribution in [1.29, 1.82) is 0 Å². The van der Waals surface area contributed by atoms with E-state index in [1.54, 1.807) is 54.1 Å². The zero-order valence-electron chi connectivity index (χ0n) is 38.5. The summed E-state index contributed by atoms with van der Waals surface area (Å²) in [4.78, 5) is 29.5. The maximum Gasteiger partial charge on any atom is 0.395 e. The number of alkyl halides is 6. The summed E-state index contributed by atoms with van der Waals surface area (Å²) in [5.74, 6) is -2.86. The number of halogens is 6. The third-order valence-electron chi connectivity index (χ3n) is 12.2. The highest BCUT2D eigenvalue weighted by molar-refractivity contribution is 7.59. The Morgan fingerprint density at radius 2 is 1.03 bits per heavy atom. The molecule has 67 heavy (non-hydrogen) atoms. The Labute approximate surface area is 426 Å². The lowest BCUT2D eigenvalue weighted by Gasteiger charge is -2.29. The van der Waals surface area contributed by atoms with Crippen LogP contribution in [0.2, 0.25) is 0 Å². The lowest BCUT2D eigenvalue weighted by Crippen LogP contribution is -2.42. The van der Waals surface area contributed by atoms with Crippen LogP contribution in [-0.4, -0.2) is 103 Å². The van der Waals surface area contributed by atoms with Gasteiger partial charge < -0.3 is 36.2 Å². The van der Waals surface area contributed by atoms with Gasteiger partial charge in [-0.25, -0.2) is 0 Å². The number of nitrogens with zero attached hydrogens (tertiary/aromatic N) is 2. The molecular weight excluding hydrogens is 995 g/mol. The third-order valence-corrected chi connectivity index (χ3v) is 14.0. The van der Waals surface area contributed by atoms with E-state index in [-0.39, 0.29) is 104 Å². The first-order valence-electron chi connectivity index (χ1n) is 20.7. The molecule has 6 rings (SSSR count). The molecule has 9 nitrogen and oxygen atoms in total. The van der Waals surface area contributed by atoms with E-state index in [1.165, 1.54) is 28.2 Å². The molecule has 2 fully saturated rings. The first-order chi connectivity index (χ1) is 29.4. The third kappa shape index (κ3) is 18.2. The van der Waals surface area contributed by atoms with Gasteiger partial charge in [-0.3, -0.25) is 9.59 Å². The van der Waals surface area contributed by atoms with Gasteiger partial charge >= 0.3 is 18.3 Å². The molecule has 2 aromatic heterocycles. The molecule has 1 amide bonds. The number of aliphatic carboxylic acids is 1. The molecule has 6 N–H and O–H groups in total. The minimum Gasteiger partial charge on any atom is -0.508 e. The second-order valence-electron chi connectivity index (χ2n) is 17.2. The Kier molecular flexibility index (Phi) is 26.4. The van der Waals surface area contributed by atoms with Gasteiger partial charge in [0.2, 0.25) is 5.91 Å². The number of rotatable bonds is 17. The predicted molar refractivity (Wildman–Crippen MR) is 278 cm³/mol. The molecule has 2 aliphatic carbocycles. The van der Waals surface area contributed by atoms with Crippen LogP contribution in [0.25, 0.3) is 0 Å². The summed E-state index contributed by atoms with van der Waals surface area (Å²) in [7, 11) is 7.85. The number of phenolic OH excluding ortho intramolecular Hbond substituents is 2. The van der Waals surface area contributed by atoms with Crippen molar-refractivity contribution in [3.05, 3.63) is 103 Å². The lowest BCUT2D eigenvalue weighted by atomic mass is 9.81. The molecule has 21 heteroatoms. The van der Waals surface area contributed by atoms with E-state index in [9.17, 15) is 41.0 Å². The first kappa shape index (κ1) is 64.2. The Bertz CT molecular complexity index is 2080. The van der Waals surface area contributed by atoms with Crippen LogP contribution < -0.4 is 11.1 Å². The van der Waals surface area contributed by atoms with Crippen molar-refractivity contribution in [2.24, 2.45) is 16.6 Å². The summed E-state index contributed by atoms with van der Waals surface area (Å²) < 4.78 is 80.8. The SMILES string of the molecule is CN(C)[C@H](CN)Cc1ccc(O)cc1.Cc1cc([C@@H](CC(=O)NC[C@H](Cc2ccc(O)cc2)N(C)C)C2(C(F)(F)F)CC2)cs1.Cc1cc([C@@H](CC(=O)O)C2(C(F)(F)F)CC2)cs1.S.S.S.S. The number of phenols is 2. The monoisotopic (exact) mass is 1060 g/mol. The fourth-order valence-corrected chi connectivity index (χ4v) is 9.39. The molecule has 2 aromatic carbocycles. The number of amides is 1. The summed E-state index contributed by atoms with van der Waals surface area (Å²) in [6.07, 6.45) is -7.51. The standard InChI is InChI=1S/C23H29F3N2O2S.C12H13F3O2S.C11H18N2O.4H2S/c1-15-10-17(14-31-15)20(22(8-9-22)23(24,25)26)12-21(30)27-13-18(28(2)3)11-16-4-6-19(29)7-5-16;1-7-4-8(6-18-7)9(5-10(16)17)11(2-3-11)12(13,14)15;1-13(2)10(8-12)7-9-3-5-11(14)6-4-9;;;;/h4-7,10,14,18,20,29H,8-9,11-13H2,1-3H3,(H,27,30);4,6,9H,2-3,5H2,1H3,(H,16,17);3-6,10,14H,7-8,12H2,1-2H3;4*1H2/t18-,20+;9-;10-;;;;/m010..../s1. The maximum absolute atomic E-state index is 13.8. The molecule has 0 radical (unpaired) electrons. The van der Waals surface area contributed by atoms with Crippen molar-refractivity contribution in [3.8, 4) is 11.5 Å². The van der Waals surface area contributed by atoms with Crippen LogP contribution in [0.5, 0.6) is 11.5 Å². The number of carbonyl (C=O) groups is 2. The molecular formula is C46H68F6N4O5S6. The average Bonchev–Trinajstić information content (AvgIpc) is 4.11. The van der Waals surface area contributed by atoms with Gasteiger partial charge in [-0.2, -0.15) is 80.3 Å². The van der Waals surface area contributed by atoms with Crippen LogP contribution in [0.1, 0.15) is 82.4 Å². The Hall–Kier alpha value is -2.76. The molecule has 0 saturated heterocycles. The zero-order chi connectivity index (χ0) is 46.9. The largest absolute Gasteiger partial charge is 0.508 e. The smallest absolute Gasteiger partial charge is 0.395 e. The van der Waals surface area contributed by atoms with Crippen molar-refractivity contribution >= 4 is 88.5 Å². The fraction of sp³-hybridized carbons (Fsp3) is 0.522. The van der Waals surface area contributed by atoms with E-state index in [1.807, 2.05) is 64.3 Å². The van der Waals surface area contributed by atoms with E-state index in [2.05, 4.69) is 10.2 Å². The molecule has 4 aromatic rings. The van der Waals surface area contributed by atoms with Crippen LogP contribution in [0.15, 0.2) is 71.4 Å². The highest BCUT2D eigenvalue weighted by Crippen LogP contribution is 2.67. The van der Waals surface area contributed by atoms with E-state index < -0.39 is 47.4 Å². The van der Waals surface area contributed by atoms with Crippen LogP contribution in [0.4, 0.5) is 26.3 Å². The van der Waals surface area contributed by atoms with Gasteiger partial charge in [0, 0.05) is 53.2 Å². The topological polar surface area (TPSA) is 139 Å². The Morgan fingerprint density at radius 3 is 1.31 bits per heavy atom. The van der Waals surface area contributed by atoms with Crippen molar-refractivity contribution in [2.45, 2.75) is 101 Å². The molecule has 2 aliphatic rings. The number of likely N-dealkylation sites (N-methyl/N-ethyl adjacent to an activating group) is 2. The normalized spacial score (nSPS) is 16.0. The molecule has 0 unspecified atom stereocenters. The number of carbonyl (C=O) groups excluding carboxylic acids is 1. The molecule has 380 valence electrons. The molecule has 0 bridgehead atoms. The molecule has 0 spiro atoms. The number of nitrogens with two attached hydrogens (primary N) is 1. The molecule has 2 heterocycles. The summed E-state index contributed by atoms with van der Waals surface area (Å²) in [5.41, 5.74) is 5.38. The Balaban J connectivity index is 0.00000104. The van der Waals surface area contributed by atoms with Crippen molar-refractivity contribution in [3.63, 3.8) is 0 Å². The van der Waals surface area contributed by atoms with Crippen LogP contribution in [-0.2, 0) is 22.4 Å². The number of aromatic hydroxyl groups is 2. The number of hydrogen-bond donors (Lipinski definition) is 5. The summed E-state index contributed by atoms with van der Waals surface area (Å²) in [6, 6.07) is 17.9. The van der Waals surface area contributed by atoms with Gasteiger partial charge in [-0.15, -0.1) is 22.7 Å². The quantitative estimate of drug-likeness (QED) is 0.0659. The van der Waals surface area contributed by atoms with E-state index in [4.69, 9.17) is 15.9 Å². The average molecular weight is 1060 g/mol. The minimum absolute atomic E-state index is 0. The highest BCUT2D eigenvalue weighted by atomic mass is 32.1. The van der Waals surface area contributed by atoms with Crippen molar-refractivity contribution < 1.29 is 51.3 Å². The lowest BCUT2D eigenvalue weighted by molar-refractivity contribution is -0.196. The summed E-state index contributed by atoms with van der Waals surface area (Å²) in [6.45, 7) is 4.65. The number of carboxylic acid groups (broad SMARTS) is 1. The van der Waals surface area contributed by atoms with Gasteiger partial charge in [0.05, 0.1) is 17.3 Å². The van der Waals surface area contributed by atoms with Gasteiger partial charge in [-0.05, 0) is 150 Å². The van der Waals surface area contributed by atoms with Gasteiger partial charge in [-0.1, -0.05) is 24.3 Å². The number of carboxylic acids is 1. The van der Waals surface area contributed by atoms with Crippen molar-refractivity contribution in [2.75, 3.05) is 41.3 Å². The number of aryl methyl sites for hydroxylation is 2. The van der Waals surface area contributed by atoms with Crippen LogP contribution >= 0.6 is 76.7 Å². The first-order valence-corrected chi connectivity index (χ1v) is 22.5. The van der Waals surface area contributed by atoms with Gasteiger partial charge in [0.1, 0.15) is 11.5 Å². The number of nitrogens with one attached hydrogen (secondary N) is 1. The van der Waals surface area contributed by atoms with Gasteiger partial charge in [0.15, 0.2) is 0 Å². The van der Waals surface area contributed by atoms with Crippen LogP contribution in [0, 0.1) is 24.7 Å². The highest BCUT2D eigenvalue weighted by Gasteiger charge is 2.68. The van der Waals surface area contributed by atoms with E-state index in [0.717, 1.165) is 21.7 Å². The van der Waals surface area contributed by atoms with E-state index >= 15 is 0 Å². The minimum atomic E-state index is -4.33. The van der Waals surface area contributed by atoms with E-state index in [0.29, 0.717) is 42.4 Å². The number of hydrogen-bond acceptors (Lipinski definition) is 9. The molecule has 2 saturated carbocycles. The second-order valence-corrected chi connectivity index (χ2v) is 19.4. The molecule has 4 atom stereocenters. The summed E-state index contributed by atoms with van der Waals surface area (Å²) >= 11 is 2.77.